The molecule has 0 spiro atoms. The van der Waals surface area contributed by atoms with E-state index in [0.29, 0.717) is 11.5 Å². The first-order valence-electron chi connectivity index (χ1n) is 2.73. The summed E-state index contributed by atoms with van der Waals surface area (Å²) in [5, 5.41) is 3.48. The first kappa shape index (κ1) is 7.34. The van der Waals surface area contributed by atoms with Gasteiger partial charge in [-0.3, -0.25) is 0 Å². The molecule has 4 heteroatoms. The van der Waals surface area contributed by atoms with Crippen LogP contribution in [0.4, 0.5) is 0 Å². The Morgan fingerprint density at radius 2 is 2.50 bits per heavy atom. The molecule has 0 aliphatic carbocycles. The van der Waals surface area contributed by atoms with Gasteiger partial charge in [0.25, 0.3) is 0 Å². The topological polar surface area (TPSA) is 51.5 Å². The second-order valence-electron chi connectivity index (χ2n) is 1.81. The van der Waals surface area contributed by atoms with Crippen molar-refractivity contribution in [3.05, 3.63) is 22.6 Å². The highest BCUT2D eigenvalue weighted by Gasteiger charge is 2.05. The van der Waals surface area contributed by atoms with Crippen molar-refractivity contribution >= 4 is 21.6 Å². The minimum atomic E-state index is 0.678. The summed E-state index contributed by atoms with van der Waals surface area (Å²) < 4.78 is 5.93. The molecule has 0 saturated carbocycles. The molecular weight excluding hydrogens is 196 g/mol. The second kappa shape index (κ2) is 2.88. The summed E-state index contributed by atoms with van der Waals surface area (Å²) in [7, 11) is 0. The number of hydrogen-bond donors (Lipinski definition) is 1. The van der Waals surface area contributed by atoms with Crippen molar-refractivity contribution in [3.8, 4) is 0 Å². The van der Waals surface area contributed by atoms with Gasteiger partial charge in [0.2, 0.25) is 0 Å². The zero-order valence-corrected chi connectivity index (χ0v) is 7.05. The Morgan fingerprint density at radius 3 is 2.90 bits per heavy atom. The zero-order chi connectivity index (χ0) is 7.56. The van der Waals surface area contributed by atoms with E-state index in [-0.39, 0.29) is 0 Å². The van der Waals surface area contributed by atoms with Crippen LogP contribution in [0.1, 0.15) is 12.7 Å². The molecule has 10 heavy (non-hydrogen) atoms. The van der Waals surface area contributed by atoms with Crippen molar-refractivity contribution in [3.63, 3.8) is 0 Å². The fourth-order valence-corrected chi connectivity index (χ4v) is 1.10. The Balaban J connectivity index is 3.05. The Hall–Kier alpha value is -0.770. The van der Waals surface area contributed by atoms with Gasteiger partial charge in [0.1, 0.15) is 5.71 Å². The van der Waals surface area contributed by atoms with Crippen molar-refractivity contribution in [2.45, 2.75) is 6.92 Å². The Labute approximate surface area is 67.0 Å². The maximum Gasteiger partial charge on any atom is 0.163 e. The van der Waals surface area contributed by atoms with Crippen LogP contribution in [0.2, 0.25) is 0 Å². The maximum atomic E-state index is 5.06. The molecule has 1 heterocycles. The summed E-state index contributed by atoms with van der Waals surface area (Å²) >= 11 is 3.28. The van der Waals surface area contributed by atoms with Crippen LogP contribution in [0.3, 0.4) is 0 Å². The molecule has 0 aliphatic rings. The largest absolute Gasteiger partial charge is 0.462 e. The molecule has 1 aromatic heterocycles. The summed E-state index contributed by atoms with van der Waals surface area (Å²) in [6, 6.07) is 1.80. The van der Waals surface area contributed by atoms with Crippen molar-refractivity contribution in [1.82, 2.24) is 0 Å². The van der Waals surface area contributed by atoms with Gasteiger partial charge in [-0.15, -0.1) is 0 Å². The maximum absolute atomic E-state index is 5.06. The molecule has 2 N–H and O–H groups in total. The van der Waals surface area contributed by atoms with Gasteiger partial charge in [0.05, 0.1) is 10.7 Å². The number of halogens is 1. The molecule has 0 radical (unpaired) electrons. The monoisotopic (exact) mass is 202 g/mol. The van der Waals surface area contributed by atoms with E-state index in [1.54, 1.807) is 19.3 Å². The lowest BCUT2D eigenvalue weighted by Crippen LogP contribution is -1.96. The molecule has 0 saturated heterocycles. The first-order chi connectivity index (χ1) is 4.75. The smallest absolute Gasteiger partial charge is 0.163 e. The number of furan rings is 1. The van der Waals surface area contributed by atoms with Gasteiger partial charge in [0, 0.05) is 0 Å². The van der Waals surface area contributed by atoms with Crippen LogP contribution in [0.15, 0.2) is 26.3 Å². The van der Waals surface area contributed by atoms with Crippen LogP contribution < -0.4 is 5.84 Å². The normalized spacial score (nSPS) is 12.0. The number of nitrogens with two attached hydrogens (primary N) is 1. The highest BCUT2D eigenvalue weighted by Crippen LogP contribution is 2.17. The highest BCUT2D eigenvalue weighted by molar-refractivity contribution is 9.10. The van der Waals surface area contributed by atoms with Gasteiger partial charge < -0.3 is 10.3 Å². The van der Waals surface area contributed by atoms with Crippen LogP contribution >= 0.6 is 15.9 Å². The van der Waals surface area contributed by atoms with Crippen LogP contribution in [0, 0.1) is 0 Å². The molecule has 3 nitrogen and oxygen atoms in total. The van der Waals surface area contributed by atoms with E-state index in [2.05, 4.69) is 21.0 Å². The average Bonchev–Trinajstić information content (AvgIpc) is 2.34. The molecule has 0 unspecified atom stereocenters. The summed E-state index contributed by atoms with van der Waals surface area (Å²) in [5.41, 5.74) is 0.678. The quantitative estimate of drug-likeness (QED) is 0.429. The Morgan fingerprint density at radius 1 is 1.80 bits per heavy atom. The fourth-order valence-electron chi connectivity index (χ4n) is 0.611. The van der Waals surface area contributed by atoms with Crippen LogP contribution in [-0.4, -0.2) is 5.71 Å². The molecule has 0 fully saturated rings. The molecule has 0 aromatic carbocycles. The van der Waals surface area contributed by atoms with E-state index in [0.717, 1.165) is 4.47 Å². The summed E-state index contributed by atoms with van der Waals surface area (Å²) in [4.78, 5) is 0. The predicted molar refractivity (Wildman–Crippen MR) is 42.8 cm³/mol. The van der Waals surface area contributed by atoms with Crippen molar-refractivity contribution in [2.75, 3.05) is 0 Å². The van der Waals surface area contributed by atoms with E-state index >= 15 is 0 Å². The van der Waals surface area contributed by atoms with E-state index in [1.807, 2.05) is 0 Å². The van der Waals surface area contributed by atoms with Crippen molar-refractivity contribution in [2.24, 2.45) is 10.9 Å². The summed E-state index contributed by atoms with van der Waals surface area (Å²) in [6.07, 6.45) is 1.58. The predicted octanol–water partition coefficient (Wildman–Crippen LogP) is 1.72. The molecule has 1 rings (SSSR count). The van der Waals surface area contributed by atoms with Gasteiger partial charge >= 0.3 is 0 Å². The fraction of sp³-hybridized carbons (Fsp3) is 0.167. The number of rotatable bonds is 1. The van der Waals surface area contributed by atoms with E-state index in [1.165, 1.54) is 0 Å². The standard InChI is InChI=1S/C6H7BrN2O/c1-4(9-8)6-5(7)2-3-10-6/h2-3H,8H2,1H3/b9-4-. The lowest BCUT2D eigenvalue weighted by molar-refractivity contribution is 0.555. The van der Waals surface area contributed by atoms with Gasteiger partial charge in [-0.1, -0.05) is 0 Å². The minimum Gasteiger partial charge on any atom is -0.462 e. The SMILES string of the molecule is C/C(=N/N)c1occc1Br. The third kappa shape index (κ3) is 1.21. The summed E-state index contributed by atoms with van der Waals surface area (Å²) in [5.74, 6) is 5.72. The van der Waals surface area contributed by atoms with Crippen LogP contribution in [0.5, 0.6) is 0 Å². The van der Waals surface area contributed by atoms with Crippen molar-refractivity contribution in [1.29, 1.82) is 0 Å². The molecule has 0 bridgehead atoms. The third-order valence-electron chi connectivity index (χ3n) is 1.14. The first-order valence-corrected chi connectivity index (χ1v) is 3.53. The van der Waals surface area contributed by atoms with E-state index in [9.17, 15) is 0 Å². The van der Waals surface area contributed by atoms with Gasteiger partial charge in [0.15, 0.2) is 5.76 Å². The van der Waals surface area contributed by atoms with Gasteiger partial charge in [-0.25, -0.2) is 0 Å². The second-order valence-corrected chi connectivity index (χ2v) is 2.67. The minimum absolute atomic E-state index is 0.678. The number of nitrogens with zero attached hydrogens (tertiary/aromatic N) is 1. The van der Waals surface area contributed by atoms with Gasteiger partial charge in [-0.2, -0.15) is 5.10 Å². The van der Waals surface area contributed by atoms with Gasteiger partial charge in [-0.05, 0) is 28.9 Å². The molecule has 0 atom stereocenters. The van der Waals surface area contributed by atoms with Crippen LogP contribution in [0.25, 0.3) is 0 Å². The number of hydrazone groups is 1. The molecule has 0 aliphatic heterocycles. The highest BCUT2D eigenvalue weighted by atomic mass is 79.9. The summed E-state index contributed by atoms with van der Waals surface area (Å²) in [6.45, 7) is 1.78. The molecule has 0 amide bonds. The molecule has 54 valence electrons. The van der Waals surface area contributed by atoms with E-state index < -0.39 is 0 Å². The Bertz CT molecular complexity index is 254. The van der Waals surface area contributed by atoms with Crippen LogP contribution in [-0.2, 0) is 0 Å². The third-order valence-corrected chi connectivity index (χ3v) is 1.76. The molecule has 1 aromatic rings. The lowest BCUT2D eigenvalue weighted by atomic mass is 10.3. The Kier molecular flexibility index (Phi) is 2.11. The number of hydrogen-bond acceptors (Lipinski definition) is 3. The average molecular weight is 203 g/mol. The van der Waals surface area contributed by atoms with Crippen molar-refractivity contribution < 1.29 is 4.42 Å². The van der Waals surface area contributed by atoms with E-state index in [4.69, 9.17) is 10.3 Å². The lowest BCUT2D eigenvalue weighted by Gasteiger charge is -1.91. The zero-order valence-electron chi connectivity index (χ0n) is 5.47. The molecular formula is C6H7BrN2O.